The minimum Gasteiger partial charge on any atom is -0.497 e. The third kappa shape index (κ3) is 3.65. The van der Waals surface area contributed by atoms with Crippen LogP contribution < -0.4 is 24.3 Å². The van der Waals surface area contributed by atoms with E-state index >= 15 is 0 Å². The van der Waals surface area contributed by atoms with E-state index in [9.17, 15) is 9.59 Å². The van der Waals surface area contributed by atoms with E-state index in [1.807, 2.05) is 43.3 Å². The molecule has 1 N–H and O–H groups in total. The highest BCUT2D eigenvalue weighted by atomic mass is 16.5. The van der Waals surface area contributed by atoms with Gasteiger partial charge in [-0.3, -0.25) is 9.59 Å². The van der Waals surface area contributed by atoms with E-state index in [-0.39, 0.29) is 17.9 Å². The summed E-state index contributed by atoms with van der Waals surface area (Å²) in [5, 5.41) is 2.93. The van der Waals surface area contributed by atoms with Gasteiger partial charge < -0.3 is 33.9 Å². The van der Waals surface area contributed by atoms with Gasteiger partial charge >= 0.3 is 0 Å². The van der Waals surface area contributed by atoms with Crippen molar-refractivity contribution in [3.8, 4) is 23.0 Å². The molecule has 0 aliphatic carbocycles. The molecule has 190 valence electrons. The minimum atomic E-state index is -0.806. The molecule has 1 spiro atoms. The van der Waals surface area contributed by atoms with Gasteiger partial charge in [0.15, 0.2) is 11.5 Å². The molecule has 3 heterocycles. The lowest BCUT2D eigenvalue weighted by Crippen LogP contribution is -2.41. The smallest absolute Gasteiger partial charge is 0.231 e. The fraction of sp³-hybridized carbons (Fsp3) is 0.407. The first kappa shape index (κ1) is 24.0. The van der Waals surface area contributed by atoms with Crippen LogP contribution in [0, 0.1) is 11.8 Å². The number of nitrogens with one attached hydrogen (secondary N) is 1. The molecule has 0 saturated carbocycles. The van der Waals surface area contributed by atoms with Crippen LogP contribution in [0.3, 0.4) is 0 Å². The molecule has 2 amide bonds. The number of rotatable bonds is 8. The molecule has 2 aromatic carbocycles. The standard InChI is InChI=1S/C27H30N2O7/c1-15(16-6-8-18(32-2)9-7-16)29-14-27-11-10-19(36-27)22(23(27)26(29)31)25(30)28-17-12-20(33-3)24(35-5)21(13-17)34-4/h6-13,15,19,22-23H,14H2,1-5H3,(H,28,30)/t15-,19-,22-,23-,27-/m0/s1. The van der Waals surface area contributed by atoms with Gasteiger partial charge in [-0.1, -0.05) is 24.3 Å². The van der Waals surface area contributed by atoms with Gasteiger partial charge in [0.2, 0.25) is 17.6 Å². The van der Waals surface area contributed by atoms with E-state index in [2.05, 4.69) is 5.32 Å². The molecule has 0 unspecified atom stereocenters. The van der Waals surface area contributed by atoms with Crippen molar-refractivity contribution in [2.75, 3.05) is 40.3 Å². The first-order valence-electron chi connectivity index (χ1n) is 11.8. The van der Waals surface area contributed by atoms with Crippen molar-refractivity contribution in [3.05, 3.63) is 54.1 Å². The molecule has 0 aromatic heterocycles. The second-order valence-electron chi connectivity index (χ2n) is 9.22. The third-order valence-corrected chi connectivity index (χ3v) is 7.43. The fourth-order valence-electron chi connectivity index (χ4n) is 5.60. The van der Waals surface area contributed by atoms with Crippen LogP contribution in [0.2, 0.25) is 0 Å². The van der Waals surface area contributed by atoms with Crippen LogP contribution in [0.4, 0.5) is 5.69 Å². The molecular weight excluding hydrogens is 464 g/mol. The van der Waals surface area contributed by atoms with Crippen LogP contribution in [0.15, 0.2) is 48.6 Å². The first-order valence-corrected chi connectivity index (χ1v) is 11.8. The van der Waals surface area contributed by atoms with Gasteiger partial charge in [-0.2, -0.15) is 0 Å². The Balaban J connectivity index is 1.39. The first-order chi connectivity index (χ1) is 17.4. The fourth-order valence-corrected chi connectivity index (χ4v) is 5.60. The molecule has 0 radical (unpaired) electrons. The van der Waals surface area contributed by atoms with Crippen molar-refractivity contribution < 1.29 is 33.3 Å². The Bertz CT molecular complexity index is 1190. The maximum atomic E-state index is 13.7. The normalized spacial score (nSPS) is 26.5. The van der Waals surface area contributed by atoms with Gasteiger partial charge in [0, 0.05) is 17.8 Å². The summed E-state index contributed by atoms with van der Waals surface area (Å²) in [6, 6.07) is 10.8. The number of ether oxygens (including phenoxy) is 5. The summed E-state index contributed by atoms with van der Waals surface area (Å²) in [6.45, 7) is 2.38. The second-order valence-corrected chi connectivity index (χ2v) is 9.22. The third-order valence-electron chi connectivity index (χ3n) is 7.43. The van der Waals surface area contributed by atoms with Gasteiger partial charge in [0.05, 0.1) is 59.0 Å². The average Bonchev–Trinajstić information content (AvgIpc) is 3.55. The lowest BCUT2D eigenvalue weighted by Gasteiger charge is -2.28. The highest BCUT2D eigenvalue weighted by molar-refractivity contribution is 5.99. The molecule has 2 bridgehead atoms. The van der Waals surface area contributed by atoms with E-state index < -0.39 is 23.5 Å². The van der Waals surface area contributed by atoms with Crippen LogP contribution in [0.1, 0.15) is 18.5 Å². The van der Waals surface area contributed by atoms with Crippen LogP contribution in [-0.4, -0.2) is 63.4 Å². The van der Waals surface area contributed by atoms with Crippen molar-refractivity contribution >= 4 is 17.5 Å². The molecule has 9 heteroatoms. The Labute approximate surface area is 209 Å². The van der Waals surface area contributed by atoms with E-state index in [0.717, 1.165) is 11.3 Å². The molecule has 9 nitrogen and oxygen atoms in total. The number of hydrogen-bond acceptors (Lipinski definition) is 7. The Kier molecular flexibility index (Phi) is 6.04. The SMILES string of the molecule is COc1ccc([C@H](C)N2C[C@]34C=C[C@H](O3)[C@H](C(=O)Nc3cc(OC)c(OC)c(OC)c3)[C@H]4C2=O)cc1. The van der Waals surface area contributed by atoms with Crippen molar-refractivity contribution in [1.82, 2.24) is 4.90 Å². The number of fused-ring (bicyclic) bond motifs is 1. The lowest BCUT2D eigenvalue weighted by molar-refractivity contribution is -0.137. The summed E-state index contributed by atoms with van der Waals surface area (Å²) in [4.78, 5) is 29.1. The summed E-state index contributed by atoms with van der Waals surface area (Å²) in [6.07, 6.45) is 3.38. The molecule has 2 saturated heterocycles. The zero-order valence-corrected chi connectivity index (χ0v) is 20.9. The van der Waals surface area contributed by atoms with Crippen molar-refractivity contribution in [2.24, 2.45) is 11.8 Å². The van der Waals surface area contributed by atoms with E-state index in [0.29, 0.717) is 29.5 Å². The lowest BCUT2D eigenvalue weighted by atomic mass is 9.76. The van der Waals surface area contributed by atoms with Crippen molar-refractivity contribution in [1.29, 1.82) is 0 Å². The Morgan fingerprint density at radius 2 is 1.72 bits per heavy atom. The quantitative estimate of drug-likeness (QED) is 0.563. The number of amides is 2. The maximum absolute atomic E-state index is 13.7. The number of nitrogens with zero attached hydrogens (tertiary/aromatic N) is 1. The summed E-state index contributed by atoms with van der Waals surface area (Å²) in [5.41, 5.74) is 0.654. The number of hydrogen-bond donors (Lipinski definition) is 1. The summed E-state index contributed by atoms with van der Waals surface area (Å²) in [5.74, 6) is 0.381. The molecule has 2 fully saturated rings. The van der Waals surface area contributed by atoms with Gasteiger partial charge in [-0.15, -0.1) is 0 Å². The molecule has 3 aliphatic rings. The summed E-state index contributed by atoms with van der Waals surface area (Å²) in [7, 11) is 6.15. The minimum absolute atomic E-state index is 0.0878. The van der Waals surface area contributed by atoms with Crippen LogP contribution in [0.5, 0.6) is 23.0 Å². The second kappa shape index (κ2) is 9.05. The largest absolute Gasteiger partial charge is 0.497 e. The zero-order valence-electron chi connectivity index (χ0n) is 20.9. The molecule has 5 atom stereocenters. The van der Waals surface area contributed by atoms with Gasteiger partial charge in [-0.25, -0.2) is 0 Å². The molecule has 3 aliphatic heterocycles. The average molecular weight is 495 g/mol. The summed E-state index contributed by atoms with van der Waals surface area (Å²) < 4.78 is 27.7. The van der Waals surface area contributed by atoms with Crippen molar-refractivity contribution in [2.45, 2.75) is 24.7 Å². The Morgan fingerprint density at radius 1 is 1.06 bits per heavy atom. The molecule has 5 rings (SSSR count). The number of carbonyl (C=O) groups excluding carboxylic acids is 2. The molecule has 36 heavy (non-hydrogen) atoms. The van der Waals surface area contributed by atoms with Gasteiger partial charge in [0.1, 0.15) is 11.4 Å². The van der Waals surface area contributed by atoms with Crippen LogP contribution >= 0.6 is 0 Å². The van der Waals surface area contributed by atoms with Crippen molar-refractivity contribution in [3.63, 3.8) is 0 Å². The monoisotopic (exact) mass is 494 g/mol. The molecule has 2 aromatic rings. The van der Waals surface area contributed by atoms with Crippen LogP contribution in [0.25, 0.3) is 0 Å². The van der Waals surface area contributed by atoms with Gasteiger partial charge in [0.25, 0.3) is 0 Å². The predicted molar refractivity (Wildman–Crippen MR) is 132 cm³/mol. The highest BCUT2D eigenvalue weighted by Gasteiger charge is 2.67. The number of likely N-dealkylation sites (tertiary alicyclic amines) is 1. The maximum Gasteiger partial charge on any atom is 0.231 e. The summed E-state index contributed by atoms with van der Waals surface area (Å²) >= 11 is 0. The Morgan fingerprint density at radius 3 is 2.31 bits per heavy atom. The topological polar surface area (TPSA) is 95.6 Å². The molecular formula is C27H30N2O7. The highest BCUT2D eigenvalue weighted by Crippen LogP contribution is 2.53. The van der Waals surface area contributed by atoms with Gasteiger partial charge in [-0.05, 0) is 24.6 Å². The number of benzene rings is 2. The number of methoxy groups -OCH3 is 4. The van der Waals surface area contributed by atoms with E-state index in [1.165, 1.54) is 21.3 Å². The number of carbonyl (C=O) groups is 2. The zero-order chi connectivity index (χ0) is 25.6. The number of anilines is 1. The van der Waals surface area contributed by atoms with Crippen LogP contribution in [-0.2, 0) is 14.3 Å². The predicted octanol–water partition coefficient (Wildman–Crippen LogP) is 3.20. The van der Waals surface area contributed by atoms with E-state index in [1.54, 1.807) is 24.1 Å². The Hall–Kier alpha value is -3.72. The van der Waals surface area contributed by atoms with E-state index in [4.69, 9.17) is 23.7 Å².